The van der Waals surface area contributed by atoms with Crippen LogP contribution in [0.4, 0.5) is 5.82 Å². The maximum absolute atomic E-state index is 11.9. The van der Waals surface area contributed by atoms with Crippen molar-refractivity contribution in [2.24, 2.45) is 11.8 Å². The van der Waals surface area contributed by atoms with E-state index in [1.54, 1.807) is 17.7 Å². The van der Waals surface area contributed by atoms with Crippen molar-refractivity contribution < 1.29 is 9.53 Å². The number of hydrogen-bond donors (Lipinski definition) is 1. The number of rotatable bonds is 5. The summed E-state index contributed by atoms with van der Waals surface area (Å²) in [6.07, 6.45) is 5.70. The molecule has 7 heteroatoms. The summed E-state index contributed by atoms with van der Waals surface area (Å²) >= 11 is 1.65. The summed E-state index contributed by atoms with van der Waals surface area (Å²) in [5.74, 6) is 2.07. The minimum atomic E-state index is -0.0574. The van der Waals surface area contributed by atoms with Gasteiger partial charge in [0, 0.05) is 37.9 Å². The van der Waals surface area contributed by atoms with Gasteiger partial charge in [-0.05, 0) is 30.7 Å². The quantitative estimate of drug-likeness (QED) is 0.874. The zero-order chi connectivity index (χ0) is 17.7. The van der Waals surface area contributed by atoms with E-state index in [1.165, 1.54) is 0 Å². The number of carbonyl (C=O) groups excluding carboxylic acids is 1. The van der Waals surface area contributed by atoms with Crippen LogP contribution in [0.3, 0.4) is 0 Å². The molecule has 2 aromatic heterocycles. The molecular weight excluding hydrogens is 348 g/mol. The lowest BCUT2D eigenvalue weighted by atomic mass is 9.73. The number of thiophene rings is 1. The van der Waals surface area contributed by atoms with Gasteiger partial charge in [0.05, 0.1) is 17.1 Å². The number of aromatic nitrogens is 2. The standard InChI is InChI=1S/C19H24N4O2S/c1-2-3-16(24)20-8-13-14-9-23(10-19(14)6-4-15(13)25-19)17-12-5-7-26-18(12)22-11-21-17/h5,7,11,13-15H,2-4,6,8-10H2,1H3,(H,20,24)/t13-,14+,15+,19+/m0/s1. The Hall–Kier alpha value is -1.73. The lowest BCUT2D eigenvalue weighted by Gasteiger charge is -2.29. The fraction of sp³-hybridized carbons (Fsp3) is 0.632. The van der Waals surface area contributed by atoms with Crippen LogP contribution in [-0.4, -0.2) is 47.2 Å². The van der Waals surface area contributed by atoms with Crippen molar-refractivity contribution in [3.8, 4) is 0 Å². The molecule has 1 spiro atoms. The third kappa shape index (κ3) is 2.44. The van der Waals surface area contributed by atoms with Crippen molar-refractivity contribution in [2.45, 2.75) is 44.3 Å². The highest BCUT2D eigenvalue weighted by molar-refractivity contribution is 7.16. The van der Waals surface area contributed by atoms with Crippen LogP contribution in [-0.2, 0) is 9.53 Å². The molecule has 2 aromatic rings. The fourth-order valence-electron chi connectivity index (χ4n) is 5.20. The molecule has 3 saturated heterocycles. The summed E-state index contributed by atoms with van der Waals surface area (Å²) in [4.78, 5) is 24.3. The first-order chi connectivity index (χ1) is 12.7. The topological polar surface area (TPSA) is 67.4 Å². The Morgan fingerprint density at radius 2 is 2.42 bits per heavy atom. The van der Waals surface area contributed by atoms with Gasteiger partial charge in [0.2, 0.25) is 5.91 Å². The van der Waals surface area contributed by atoms with Crippen LogP contribution < -0.4 is 10.2 Å². The van der Waals surface area contributed by atoms with Gasteiger partial charge in [-0.1, -0.05) is 6.92 Å². The van der Waals surface area contributed by atoms with Crippen molar-refractivity contribution in [1.82, 2.24) is 15.3 Å². The molecule has 0 aliphatic carbocycles. The number of amides is 1. The molecule has 1 amide bonds. The molecule has 5 rings (SSSR count). The Kier molecular flexibility index (Phi) is 3.90. The zero-order valence-corrected chi connectivity index (χ0v) is 15.8. The molecule has 5 heterocycles. The van der Waals surface area contributed by atoms with Gasteiger partial charge in [0.25, 0.3) is 0 Å². The van der Waals surface area contributed by atoms with E-state index in [4.69, 9.17) is 4.74 Å². The largest absolute Gasteiger partial charge is 0.369 e. The van der Waals surface area contributed by atoms with Crippen molar-refractivity contribution in [1.29, 1.82) is 0 Å². The van der Waals surface area contributed by atoms with Crippen LogP contribution >= 0.6 is 11.3 Å². The molecule has 3 fully saturated rings. The first-order valence-corrected chi connectivity index (χ1v) is 10.5. The highest BCUT2D eigenvalue weighted by Gasteiger charge is 2.63. The molecule has 3 aliphatic rings. The summed E-state index contributed by atoms with van der Waals surface area (Å²) < 4.78 is 6.50. The predicted molar refractivity (Wildman–Crippen MR) is 101 cm³/mol. The first-order valence-electron chi connectivity index (χ1n) is 9.58. The summed E-state index contributed by atoms with van der Waals surface area (Å²) in [7, 11) is 0. The van der Waals surface area contributed by atoms with Gasteiger partial charge in [0.15, 0.2) is 0 Å². The van der Waals surface area contributed by atoms with E-state index in [9.17, 15) is 4.79 Å². The smallest absolute Gasteiger partial charge is 0.219 e. The molecule has 0 unspecified atom stereocenters. The van der Waals surface area contributed by atoms with Crippen molar-refractivity contribution in [3.63, 3.8) is 0 Å². The van der Waals surface area contributed by atoms with Crippen LogP contribution in [0.15, 0.2) is 17.8 Å². The third-order valence-electron chi connectivity index (χ3n) is 6.34. The minimum Gasteiger partial charge on any atom is -0.369 e. The average Bonchev–Trinajstić information content (AvgIpc) is 3.38. The number of carbonyl (C=O) groups is 1. The lowest BCUT2D eigenvalue weighted by Crippen LogP contribution is -2.41. The van der Waals surface area contributed by atoms with Gasteiger partial charge in [-0.3, -0.25) is 4.79 Å². The Bertz CT molecular complexity index is 840. The molecule has 0 aromatic carbocycles. The van der Waals surface area contributed by atoms with Gasteiger partial charge in [-0.25, -0.2) is 9.97 Å². The number of ether oxygens (including phenoxy) is 1. The molecule has 2 bridgehead atoms. The first kappa shape index (κ1) is 16.4. The molecule has 26 heavy (non-hydrogen) atoms. The molecule has 3 aliphatic heterocycles. The summed E-state index contributed by atoms with van der Waals surface area (Å²) in [6.45, 7) is 4.63. The molecule has 0 saturated carbocycles. The van der Waals surface area contributed by atoms with Gasteiger partial charge < -0.3 is 15.0 Å². The Morgan fingerprint density at radius 1 is 1.50 bits per heavy atom. The minimum absolute atomic E-state index is 0.0574. The second-order valence-corrected chi connectivity index (χ2v) is 8.70. The van der Waals surface area contributed by atoms with E-state index in [1.807, 2.05) is 6.92 Å². The number of anilines is 1. The van der Waals surface area contributed by atoms with Gasteiger partial charge in [-0.2, -0.15) is 0 Å². The predicted octanol–water partition coefficient (Wildman–Crippen LogP) is 2.59. The van der Waals surface area contributed by atoms with E-state index in [0.29, 0.717) is 24.4 Å². The van der Waals surface area contributed by atoms with Crippen LogP contribution in [0.5, 0.6) is 0 Å². The van der Waals surface area contributed by atoms with Crippen LogP contribution in [0.1, 0.15) is 32.6 Å². The lowest BCUT2D eigenvalue weighted by molar-refractivity contribution is -0.121. The maximum atomic E-state index is 11.9. The molecule has 138 valence electrons. The summed E-state index contributed by atoms with van der Waals surface area (Å²) in [5.41, 5.74) is -0.0574. The zero-order valence-electron chi connectivity index (χ0n) is 15.0. The number of nitrogens with one attached hydrogen (secondary N) is 1. The van der Waals surface area contributed by atoms with Crippen LogP contribution in [0.2, 0.25) is 0 Å². The summed E-state index contributed by atoms with van der Waals surface area (Å²) in [6, 6.07) is 2.11. The summed E-state index contributed by atoms with van der Waals surface area (Å²) in [5, 5.41) is 6.35. The second kappa shape index (κ2) is 6.16. The van der Waals surface area contributed by atoms with E-state index >= 15 is 0 Å². The monoisotopic (exact) mass is 372 g/mol. The van der Waals surface area contributed by atoms with Crippen LogP contribution in [0.25, 0.3) is 10.2 Å². The Balaban J connectivity index is 1.37. The van der Waals surface area contributed by atoms with Crippen LogP contribution in [0, 0.1) is 11.8 Å². The number of fused-ring (bicyclic) bond motifs is 2. The number of hydrogen-bond acceptors (Lipinski definition) is 6. The molecule has 6 nitrogen and oxygen atoms in total. The van der Waals surface area contributed by atoms with E-state index in [2.05, 4.69) is 31.6 Å². The SMILES string of the molecule is CCCC(=O)NC[C@H]1[C@H]2CN(c3ncnc4sccc34)C[C@]23CC[C@H]1O3. The highest BCUT2D eigenvalue weighted by Crippen LogP contribution is 2.55. The van der Waals surface area contributed by atoms with Gasteiger partial charge in [-0.15, -0.1) is 11.3 Å². The van der Waals surface area contributed by atoms with Crippen molar-refractivity contribution in [3.05, 3.63) is 17.8 Å². The van der Waals surface area contributed by atoms with Crippen molar-refractivity contribution in [2.75, 3.05) is 24.5 Å². The molecule has 4 atom stereocenters. The van der Waals surface area contributed by atoms with E-state index in [-0.39, 0.29) is 11.5 Å². The van der Waals surface area contributed by atoms with Gasteiger partial charge in [0.1, 0.15) is 17.0 Å². The molecule has 1 N–H and O–H groups in total. The normalized spacial score (nSPS) is 32.3. The Morgan fingerprint density at radius 3 is 3.31 bits per heavy atom. The maximum Gasteiger partial charge on any atom is 0.219 e. The third-order valence-corrected chi connectivity index (χ3v) is 7.16. The second-order valence-electron chi connectivity index (χ2n) is 7.80. The fourth-order valence-corrected chi connectivity index (χ4v) is 5.93. The number of nitrogens with zero attached hydrogens (tertiary/aromatic N) is 3. The molecule has 0 radical (unpaired) electrons. The van der Waals surface area contributed by atoms with E-state index < -0.39 is 0 Å². The molecular formula is C19H24N4O2S. The highest BCUT2D eigenvalue weighted by atomic mass is 32.1. The Labute approximate surface area is 157 Å². The van der Waals surface area contributed by atoms with Gasteiger partial charge >= 0.3 is 0 Å². The van der Waals surface area contributed by atoms with E-state index in [0.717, 1.165) is 54.9 Å². The average molecular weight is 372 g/mol. The van der Waals surface area contributed by atoms with Crippen molar-refractivity contribution >= 4 is 33.3 Å².